The summed E-state index contributed by atoms with van der Waals surface area (Å²) in [6.07, 6.45) is 3.79. The van der Waals surface area contributed by atoms with E-state index in [0.29, 0.717) is 13.0 Å². The van der Waals surface area contributed by atoms with Gasteiger partial charge in [-0.25, -0.2) is 0 Å². The molecule has 0 unspecified atom stereocenters. The summed E-state index contributed by atoms with van der Waals surface area (Å²) >= 11 is 0. The van der Waals surface area contributed by atoms with E-state index in [1.807, 2.05) is 0 Å². The Labute approximate surface area is 119 Å². The Morgan fingerprint density at radius 3 is 2.16 bits per heavy atom. The molecule has 0 atom stereocenters. The molecule has 114 valence electrons. The first-order valence-electron chi connectivity index (χ1n) is 7.57. The van der Waals surface area contributed by atoms with Crippen LogP contribution >= 0.6 is 0 Å². The number of rotatable bonds is 10. The molecule has 0 bridgehead atoms. The molecule has 3 nitrogen and oxygen atoms in total. The minimum Gasteiger partial charge on any atom is -0.380 e. The van der Waals surface area contributed by atoms with E-state index in [0.717, 1.165) is 32.4 Å². The van der Waals surface area contributed by atoms with Crippen molar-refractivity contribution in [3.8, 4) is 0 Å². The molecule has 0 aliphatic carbocycles. The molecule has 19 heavy (non-hydrogen) atoms. The average Bonchev–Trinajstić information content (AvgIpc) is 2.28. The summed E-state index contributed by atoms with van der Waals surface area (Å²) in [4.78, 5) is 11.8. The predicted molar refractivity (Wildman–Crippen MR) is 81.2 cm³/mol. The summed E-state index contributed by atoms with van der Waals surface area (Å²) < 4.78 is 5.80. The first kappa shape index (κ1) is 18.4. The maximum absolute atomic E-state index is 11.8. The summed E-state index contributed by atoms with van der Waals surface area (Å²) in [6.45, 7) is 15.1. The van der Waals surface area contributed by atoms with Crippen LogP contribution in [-0.2, 0) is 9.53 Å². The van der Waals surface area contributed by atoms with Gasteiger partial charge in [-0.3, -0.25) is 4.79 Å². The van der Waals surface area contributed by atoms with Crippen molar-refractivity contribution >= 4 is 5.91 Å². The molecule has 3 heteroatoms. The van der Waals surface area contributed by atoms with Gasteiger partial charge < -0.3 is 10.1 Å². The lowest BCUT2D eigenvalue weighted by molar-refractivity contribution is -0.124. The fourth-order valence-corrected chi connectivity index (χ4v) is 1.66. The SMILES string of the molecule is CCCCNC(=O)CC(C)(C)COCC(C)(C)CC. The first-order valence-corrected chi connectivity index (χ1v) is 7.57. The number of unbranched alkanes of at least 4 members (excludes halogenated alkanes) is 1. The van der Waals surface area contributed by atoms with E-state index in [4.69, 9.17) is 4.74 Å². The Hall–Kier alpha value is -0.570. The summed E-state index contributed by atoms with van der Waals surface area (Å²) in [5.41, 5.74) is 0.125. The van der Waals surface area contributed by atoms with E-state index in [1.54, 1.807) is 0 Å². The Balaban J connectivity index is 3.94. The van der Waals surface area contributed by atoms with E-state index in [-0.39, 0.29) is 16.7 Å². The lowest BCUT2D eigenvalue weighted by Crippen LogP contribution is -2.32. The van der Waals surface area contributed by atoms with Crippen LogP contribution in [0.2, 0.25) is 0 Å². The van der Waals surface area contributed by atoms with Crippen LogP contribution in [-0.4, -0.2) is 25.7 Å². The van der Waals surface area contributed by atoms with Gasteiger partial charge in [0.05, 0.1) is 13.2 Å². The molecule has 1 amide bonds. The molecule has 0 radical (unpaired) electrons. The van der Waals surface area contributed by atoms with Crippen LogP contribution in [0.4, 0.5) is 0 Å². The Morgan fingerprint density at radius 2 is 1.63 bits per heavy atom. The molecule has 1 N–H and O–H groups in total. The number of nitrogens with one attached hydrogen (secondary N) is 1. The number of carbonyl (C=O) groups is 1. The number of hydrogen-bond donors (Lipinski definition) is 1. The second-order valence-electron chi connectivity index (χ2n) is 7.06. The molecular weight excluding hydrogens is 238 g/mol. The summed E-state index contributed by atoms with van der Waals surface area (Å²) in [6, 6.07) is 0. The molecule has 0 spiro atoms. The van der Waals surface area contributed by atoms with Crippen molar-refractivity contribution in [3.63, 3.8) is 0 Å². The molecule has 0 heterocycles. The van der Waals surface area contributed by atoms with Gasteiger partial charge in [0.15, 0.2) is 0 Å². The molecule has 0 saturated carbocycles. The highest BCUT2D eigenvalue weighted by Crippen LogP contribution is 2.24. The van der Waals surface area contributed by atoms with E-state index >= 15 is 0 Å². The van der Waals surface area contributed by atoms with Crippen LogP contribution in [0.1, 0.15) is 67.2 Å². The van der Waals surface area contributed by atoms with Crippen LogP contribution < -0.4 is 5.32 Å². The van der Waals surface area contributed by atoms with Crippen LogP contribution in [0.3, 0.4) is 0 Å². The number of hydrogen-bond acceptors (Lipinski definition) is 2. The van der Waals surface area contributed by atoms with E-state index in [1.165, 1.54) is 0 Å². The number of carbonyl (C=O) groups excluding carboxylic acids is 1. The van der Waals surface area contributed by atoms with Gasteiger partial charge in [0.25, 0.3) is 0 Å². The van der Waals surface area contributed by atoms with Gasteiger partial charge >= 0.3 is 0 Å². The monoisotopic (exact) mass is 271 g/mol. The summed E-state index contributed by atoms with van der Waals surface area (Å²) in [5.74, 6) is 0.136. The van der Waals surface area contributed by atoms with Crippen LogP contribution in [0.5, 0.6) is 0 Å². The third-order valence-electron chi connectivity index (χ3n) is 3.43. The average molecular weight is 271 g/mol. The topological polar surface area (TPSA) is 38.3 Å². The third-order valence-corrected chi connectivity index (χ3v) is 3.43. The van der Waals surface area contributed by atoms with Crippen molar-refractivity contribution in [2.75, 3.05) is 19.8 Å². The van der Waals surface area contributed by atoms with Gasteiger partial charge in [-0.2, -0.15) is 0 Å². The Bertz CT molecular complexity index is 259. The van der Waals surface area contributed by atoms with E-state index in [9.17, 15) is 4.79 Å². The smallest absolute Gasteiger partial charge is 0.220 e. The number of amides is 1. The highest BCUT2D eigenvalue weighted by molar-refractivity contribution is 5.76. The van der Waals surface area contributed by atoms with Crippen molar-refractivity contribution in [2.45, 2.75) is 67.2 Å². The predicted octanol–water partition coefficient (Wildman–Crippen LogP) is 3.77. The lowest BCUT2D eigenvalue weighted by atomic mass is 9.89. The molecule has 0 fully saturated rings. The summed E-state index contributed by atoms with van der Waals surface area (Å²) in [5, 5.41) is 2.96. The molecule has 0 aliphatic rings. The minimum atomic E-state index is -0.0971. The van der Waals surface area contributed by atoms with Crippen molar-refractivity contribution in [3.05, 3.63) is 0 Å². The van der Waals surface area contributed by atoms with Gasteiger partial charge in [0.1, 0.15) is 0 Å². The number of ether oxygens (including phenoxy) is 1. The van der Waals surface area contributed by atoms with Crippen LogP contribution in [0.25, 0.3) is 0 Å². The van der Waals surface area contributed by atoms with E-state index < -0.39 is 0 Å². The van der Waals surface area contributed by atoms with Crippen molar-refractivity contribution in [1.29, 1.82) is 0 Å². The van der Waals surface area contributed by atoms with Crippen LogP contribution in [0, 0.1) is 10.8 Å². The second-order valence-corrected chi connectivity index (χ2v) is 7.06. The molecule has 0 saturated heterocycles. The molecular formula is C16H33NO2. The highest BCUT2D eigenvalue weighted by Gasteiger charge is 2.24. The summed E-state index contributed by atoms with van der Waals surface area (Å²) in [7, 11) is 0. The first-order chi connectivity index (χ1) is 8.72. The lowest BCUT2D eigenvalue weighted by Gasteiger charge is -2.28. The van der Waals surface area contributed by atoms with Crippen molar-refractivity contribution < 1.29 is 9.53 Å². The zero-order valence-corrected chi connectivity index (χ0v) is 13.8. The molecule has 0 aromatic heterocycles. The van der Waals surface area contributed by atoms with Gasteiger partial charge in [-0.1, -0.05) is 48.0 Å². The fraction of sp³-hybridized carbons (Fsp3) is 0.938. The molecule has 0 aromatic carbocycles. The van der Waals surface area contributed by atoms with Crippen molar-refractivity contribution in [2.24, 2.45) is 10.8 Å². The molecule has 0 aliphatic heterocycles. The maximum atomic E-state index is 11.8. The van der Waals surface area contributed by atoms with Gasteiger partial charge in [0.2, 0.25) is 5.91 Å². The van der Waals surface area contributed by atoms with E-state index in [2.05, 4.69) is 46.9 Å². The van der Waals surface area contributed by atoms with Gasteiger partial charge in [0, 0.05) is 13.0 Å². The Morgan fingerprint density at radius 1 is 1.05 bits per heavy atom. The quantitative estimate of drug-likeness (QED) is 0.614. The van der Waals surface area contributed by atoms with Gasteiger partial charge in [-0.05, 0) is 23.7 Å². The maximum Gasteiger partial charge on any atom is 0.220 e. The zero-order chi connectivity index (χ0) is 14.9. The second kappa shape index (κ2) is 8.57. The zero-order valence-electron chi connectivity index (χ0n) is 13.8. The largest absolute Gasteiger partial charge is 0.380 e. The highest BCUT2D eigenvalue weighted by atomic mass is 16.5. The normalized spacial score (nSPS) is 12.5. The van der Waals surface area contributed by atoms with Crippen molar-refractivity contribution in [1.82, 2.24) is 5.32 Å². The standard InChI is InChI=1S/C16H33NO2/c1-7-9-10-17-14(18)11-16(5,6)13-19-12-15(3,4)8-2/h7-13H2,1-6H3,(H,17,18). The van der Waals surface area contributed by atoms with Gasteiger partial charge in [-0.15, -0.1) is 0 Å². The molecule has 0 aromatic rings. The molecule has 0 rings (SSSR count). The van der Waals surface area contributed by atoms with Crippen LogP contribution in [0.15, 0.2) is 0 Å². The fourth-order valence-electron chi connectivity index (χ4n) is 1.66. The third kappa shape index (κ3) is 9.94. The Kier molecular flexibility index (Phi) is 8.31. The minimum absolute atomic E-state index is 0.0971.